The van der Waals surface area contributed by atoms with E-state index in [9.17, 15) is 4.39 Å². The van der Waals surface area contributed by atoms with E-state index >= 15 is 0 Å². The van der Waals surface area contributed by atoms with E-state index in [4.69, 9.17) is 16.3 Å². The summed E-state index contributed by atoms with van der Waals surface area (Å²) in [6.07, 6.45) is -0.0534. The second-order valence-electron chi connectivity index (χ2n) is 4.11. The average Bonchev–Trinajstić information content (AvgIpc) is 2.66. The first-order chi connectivity index (χ1) is 7.13. The first-order valence-electron chi connectivity index (χ1n) is 4.96. The molecule has 2 nitrogen and oxygen atoms in total. The van der Waals surface area contributed by atoms with Crippen molar-refractivity contribution in [3.05, 3.63) is 28.8 Å². The first-order valence-corrected chi connectivity index (χ1v) is 5.34. The number of benzene rings is 1. The van der Waals surface area contributed by atoms with Gasteiger partial charge in [-0.05, 0) is 12.1 Å². The third-order valence-corrected chi connectivity index (χ3v) is 3.51. The van der Waals surface area contributed by atoms with E-state index in [1.807, 2.05) is 11.9 Å². The third-order valence-electron chi connectivity index (χ3n) is 3.27. The van der Waals surface area contributed by atoms with Gasteiger partial charge in [0.2, 0.25) is 0 Å². The van der Waals surface area contributed by atoms with Crippen molar-refractivity contribution in [1.82, 2.24) is 0 Å². The van der Waals surface area contributed by atoms with Crippen LogP contribution in [-0.2, 0) is 10.4 Å². The second kappa shape index (κ2) is 2.86. The predicted molar refractivity (Wildman–Crippen MR) is 57.0 cm³/mol. The van der Waals surface area contributed by atoms with E-state index < -0.39 is 11.9 Å². The van der Waals surface area contributed by atoms with E-state index in [0.717, 1.165) is 5.69 Å². The molecule has 15 heavy (non-hydrogen) atoms. The Morgan fingerprint density at radius 3 is 3.20 bits per heavy atom. The van der Waals surface area contributed by atoms with Gasteiger partial charge in [-0.1, -0.05) is 17.7 Å². The summed E-state index contributed by atoms with van der Waals surface area (Å²) in [5.41, 5.74) is 0.195. The van der Waals surface area contributed by atoms with Crippen molar-refractivity contribution in [2.24, 2.45) is 0 Å². The Kier molecular flexibility index (Phi) is 1.80. The van der Waals surface area contributed by atoms with Crippen LogP contribution in [0.1, 0.15) is 12.0 Å². The maximum atomic E-state index is 14.7. The number of nitrogens with zero attached hydrogens (tertiary/aromatic N) is 1. The summed E-state index contributed by atoms with van der Waals surface area (Å²) < 4.78 is 20.1. The van der Waals surface area contributed by atoms with Crippen LogP contribution in [0.3, 0.4) is 0 Å². The standard InChI is InChI=1S/C11H11ClFNO/c1-14-9-6-7(12)2-3-8(9)11(13)4-5-15-10(11)14/h2-3,6,10H,4-5H2,1H3/t10-,11+/m0/s1. The van der Waals surface area contributed by atoms with E-state index in [2.05, 4.69) is 0 Å². The Bertz CT molecular complexity index is 425. The highest BCUT2D eigenvalue weighted by molar-refractivity contribution is 6.30. The molecule has 1 aromatic rings. The number of alkyl halides is 1. The van der Waals surface area contributed by atoms with Gasteiger partial charge in [-0.2, -0.15) is 0 Å². The number of hydrogen-bond donors (Lipinski definition) is 0. The molecule has 0 bridgehead atoms. The molecule has 2 heterocycles. The lowest BCUT2D eigenvalue weighted by Gasteiger charge is -2.23. The van der Waals surface area contributed by atoms with Crippen LogP contribution in [0, 0.1) is 0 Å². The van der Waals surface area contributed by atoms with E-state index in [1.165, 1.54) is 0 Å². The van der Waals surface area contributed by atoms with Crippen molar-refractivity contribution < 1.29 is 9.13 Å². The Hall–Kier alpha value is -0.800. The summed E-state index contributed by atoms with van der Waals surface area (Å²) in [7, 11) is 1.84. The normalized spacial score (nSPS) is 33.0. The topological polar surface area (TPSA) is 12.5 Å². The average molecular weight is 228 g/mol. The van der Waals surface area contributed by atoms with Gasteiger partial charge in [0, 0.05) is 29.7 Å². The van der Waals surface area contributed by atoms with Gasteiger partial charge in [-0.15, -0.1) is 0 Å². The molecule has 80 valence electrons. The molecule has 0 unspecified atom stereocenters. The first kappa shape index (κ1) is 9.43. The van der Waals surface area contributed by atoms with Crippen LogP contribution in [0.2, 0.25) is 5.02 Å². The number of anilines is 1. The zero-order valence-corrected chi connectivity index (χ0v) is 9.09. The molecule has 1 aromatic carbocycles. The van der Waals surface area contributed by atoms with Crippen LogP contribution < -0.4 is 4.90 Å². The van der Waals surface area contributed by atoms with Crippen LogP contribution in [-0.4, -0.2) is 19.9 Å². The highest BCUT2D eigenvalue weighted by Gasteiger charge is 2.55. The Labute approximate surface area is 92.6 Å². The highest BCUT2D eigenvalue weighted by Crippen LogP contribution is 2.51. The van der Waals surface area contributed by atoms with Gasteiger partial charge in [0.15, 0.2) is 11.9 Å². The maximum Gasteiger partial charge on any atom is 0.184 e. The molecule has 1 fully saturated rings. The molecular weight excluding hydrogens is 217 g/mol. The fourth-order valence-corrected chi connectivity index (χ4v) is 2.70. The Balaban J connectivity index is 2.20. The zero-order chi connectivity index (χ0) is 10.6. The van der Waals surface area contributed by atoms with Gasteiger partial charge in [-0.3, -0.25) is 0 Å². The molecule has 0 aliphatic carbocycles. The van der Waals surface area contributed by atoms with Crippen LogP contribution in [0.4, 0.5) is 10.1 Å². The van der Waals surface area contributed by atoms with Crippen molar-refractivity contribution >= 4 is 17.3 Å². The number of likely N-dealkylation sites (N-methyl/N-ethyl adjacent to an activating group) is 1. The number of ether oxygens (including phenoxy) is 1. The number of halogens is 2. The van der Waals surface area contributed by atoms with Gasteiger partial charge < -0.3 is 9.64 Å². The molecule has 0 amide bonds. The highest BCUT2D eigenvalue weighted by atomic mass is 35.5. The summed E-state index contributed by atoms with van der Waals surface area (Å²) in [4.78, 5) is 1.83. The predicted octanol–water partition coefficient (Wildman–Crippen LogP) is 2.70. The molecule has 0 aromatic heterocycles. The van der Waals surface area contributed by atoms with Gasteiger partial charge >= 0.3 is 0 Å². The van der Waals surface area contributed by atoms with Crippen molar-refractivity contribution in [1.29, 1.82) is 0 Å². The lowest BCUT2D eigenvalue weighted by Crippen LogP contribution is -2.36. The molecular formula is C11H11ClFNO. The summed E-state index contributed by atoms with van der Waals surface area (Å²) in [5, 5.41) is 0.629. The van der Waals surface area contributed by atoms with E-state index in [-0.39, 0.29) is 0 Å². The molecule has 2 aliphatic rings. The lowest BCUT2D eigenvalue weighted by atomic mass is 9.95. The molecule has 0 radical (unpaired) electrons. The molecule has 4 heteroatoms. The molecule has 0 N–H and O–H groups in total. The monoisotopic (exact) mass is 227 g/mol. The van der Waals surface area contributed by atoms with Crippen molar-refractivity contribution in [2.75, 3.05) is 18.6 Å². The smallest absolute Gasteiger partial charge is 0.184 e. The van der Waals surface area contributed by atoms with Crippen LogP contribution in [0.5, 0.6) is 0 Å². The third kappa shape index (κ3) is 1.08. The fraction of sp³-hybridized carbons (Fsp3) is 0.455. The largest absolute Gasteiger partial charge is 0.354 e. The maximum absolute atomic E-state index is 14.7. The van der Waals surface area contributed by atoms with Crippen molar-refractivity contribution in [3.63, 3.8) is 0 Å². The molecule has 2 aliphatic heterocycles. The molecule has 0 saturated carbocycles. The quantitative estimate of drug-likeness (QED) is 0.676. The molecule has 3 rings (SSSR count). The minimum atomic E-state index is -1.35. The Morgan fingerprint density at radius 2 is 2.40 bits per heavy atom. The summed E-state index contributed by atoms with van der Waals surface area (Å²) in [6.45, 7) is 0.480. The van der Waals surface area contributed by atoms with Gasteiger partial charge in [0.05, 0.1) is 6.61 Å². The minimum Gasteiger partial charge on any atom is -0.354 e. The fourth-order valence-electron chi connectivity index (χ4n) is 2.54. The van der Waals surface area contributed by atoms with Crippen molar-refractivity contribution in [3.8, 4) is 0 Å². The molecule has 0 spiro atoms. The minimum absolute atomic E-state index is 0.427. The Morgan fingerprint density at radius 1 is 1.60 bits per heavy atom. The number of rotatable bonds is 0. The van der Waals surface area contributed by atoms with Crippen LogP contribution >= 0.6 is 11.6 Å². The molecule has 1 saturated heterocycles. The number of hydrogen-bond acceptors (Lipinski definition) is 2. The van der Waals surface area contributed by atoms with E-state index in [0.29, 0.717) is 23.6 Å². The van der Waals surface area contributed by atoms with E-state index in [1.54, 1.807) is 18.2 Å². The summed E-state index contributed by atoms with van der Waals surface area (Å²) in [6, 6.07) is 5.29. The van der Waals surface area contributed by atoms with Crippen molar-refractivity contribution in [2.45, 2.75) is 18.3 Å². The van der Waals surface area contributed by atoms with Crippen LogP contribution in [0.25, 0.3) is 0 Å². The van der Waals surface area contributed by atoms with Gasteiger partial charge in [-0.25, -0.2) is 4.39 Å². The summed E-state index contributed by atoms with van der Waals surface area (Å²) in [5.74, 6) is 0. The summed E-state index contributed by atoms with van der Waals surface area (Å²) >= 11 is 5.90. The number of fused-ring (bicyclic) bond motifs is 3. The van der Waals surface area contributed by atoms with Crippen LogP contribution in [0.15, 0.2) is 18.2 Å². The zero-order valence-electron chi connectivity index (χ0n) is 8.34. The lowest BCUT2D eigenvalue weighted by molar-refractivity contribution is 0.0341. The SMILES string of the molecule is CN1c2cc(Cl)ccc2[C@]2(F)CCO[C@H]12. The van der Waals surface area contributed by atoms with Gasteiger partial charge in [0.1, 0.15) is 0 Å². The van der Waals surface area contributed by atoms with Gasteiger partial charge in [0.25, 0.3) is 0 Å². The second-order valence-corrected chi connectivity index (χ2v) is 4.54. The molecule has 2 atom stereocenters.